The van der Waals surface area contributed by atoms with Gasteiger partial charge in [0.2, 0.25) is 0 Å². The first-order valence-corrected chi connectivity index (χ1v) is 20.3. The lowest BCUT2D eigenvalue weighted by Crippen LogP contribution is -2.35. The third-order valence-corrected chi connectivity index (χ3v) is 12.5. The van der Waals surface area contributed by atoms with Gasteiger partial charge in [0.05, 0.1) is 13.2 Å². The van der Waals surface area contributed by atoms with Gasteiger partial charge in [0.1, 0.15) is 35.6 Å². The molecule has 4 N–H and O–H groups in total. The van der Waals surface area contributed by atoms with E-state index in [0.29, 0.717) is 47.7 Å². The normalized spacial score (nSPS) is 24.6. The van der Waals surface area contributed by atoms with Crippen molar-refractivity contribution in [2.75, 3.05) is 20.3 Å². The van der Waals surface area contributed by atoms with Crippen molar-refractivity contribution in [3.8, 4) is 51.9 Å². The Hall–Kier alpha value is -3.90. The van der Waals surface area contributed by atoms with Crippen LogP contribution in [-0.2, 0) is 19.3 Å². The highest BCUT2D eigenvalue weighted by Gasteiger charge is 2.39. The van der Waals surface area contributed by atoms with E-state index in [1.807, 2.05) is 30.3 Å². The van der Waals surface area contributed by atoms with Crippen LogP contribution in [0.25, 0.3) is 11.1 Å². The van der Waals surface area contributed by atoms with Crippen LogP contribution < -0.4 is 18.9 Å². The van der Waals surface area contributed by atoms with E-state index in [-0.39, 0.29) is 37.1 Å². The van der Waals surface area contributed by atoms with E-state index in [9.17, 15) is 20.4 Å². The van der Waals surface area contributed by atoms with Crippen molar-refractivity contribution in [3.05, 3.63) is 64.2 Å². The molecule has 1 saturated carbocycles. The fourth-order valence-electron chi connectivity index (χ4n) is 9.51. The van der Waals surface area contributed by atoms with Gasteiger partial charge in [-0.2, -0.15) is 0 Å². The third kappa shape index (κ3) is 7.92. The monoisotopic (exact) mass is 738 g/mol. The van der Waals surface area contributed by atoms with Crippen molar-refractivity contribution in [1.82, 2.24) is 0 Å². The van der Waals surface area contributed by atoms with Crippen LogP contribution in [0.3, 0.4) is 0 Å². The minimum absolute atomic E-state index is 0.0895. The van der Waals surface area contributed by atoms with E-state index < -0.39 is 12.2 Å². The van der Waals surface area contributed by atoms with Crippen molar-refractivity contribution in [2.45, 2.75) is 122 Å². The van der Waals surface area contributed by atoms with Gasteiger partial charge in [-0.05, 0) is 134 Å². The van der Waals surface area contributed by atoms with Gasteiger partial charge in [-0.25, -0.2) is 0 Å². The number of hydrogen-bond donors (Lipinski definition) is 4. The summed E-state index contributed by atoms with van der Waals surface area (Å²) in [6.07, 6.45) is 11.4. The standard InChI is InChI=1S/C46H58O8/c1-5-28(8-6-16-47)10-13-31-20-33-22-37(49)34(18-27(2)3)21-35(33)45-43(51-4)25-41-36(44(31)45)24-38(50)46(54-41)32-14-15-39-42(23-32)53-40-19-29(26-48)11-12-30(40)9-7-17-52-39/h14-15,21-23,25,27-31,38,40,46-50H,5-6,8-13,16,18-20,24,26H2,1-4H3/t28-,29+,30+,31+,38-,40-,46+/m1/s1. The highest BCUT2D eigenvalue weighted by molar-refractivity contribution is 5.83. The molecule has 2 heterocycles. The number of phenols is 1. The third-order valence-electron chi connectivity index (χ3n) is 12.5. The SMILES string of the molecule is CC[C@H](CCCO)CC[C@H]1Cc2cc(O)c(CC(C)C)cc2-c2c(OC)cc3c(c21)C[C@@H](O)[C@H](c1ccc2c(c1)O[C@@H]1C[C@@H](CO)CC[C@@H]1CC#CO2)O3. The van der Waals surface area contributed by atoms with Crippen molar-refractivity contribution in [2.24, 2.45) is 23.7 Å². The molecule has 3 aromatic rings. The summed E-state index contributed by atoms with van der Waals surface area (Å²) in [5.41, 5.74) is 7.15. The van der Waals surface area contributed by atoms with Gasteiger partial charge in [0.15, 0.2) is 11.5 Å². The average molecular weight is 739 g/mol. The lowest BCUT2D eigenvalue weighted by Gasteiger charge is -2.38. The van der Waals surface area contributed by atoms with Gasteiger partial charge in [-0.3, -0.25) is 0 Å². The summed E-state index contributed by atoms with van der Waals surface area (Å²) in [5.74, 6) is 7.55. The lowest BCUT2D eigenvalue weighted by atomic mass is 9.71. The second kappa shape index (κ2) is 16.9. The zero-order valence-corrected chi connectivity index (χ0v) is 32.4. The molecular formula is C46H58O8. The van der Waals surface area contributed by atoms with Crippen molar-refractivity contribution in [3.63, 3.8) is 0 Å². The van der Waals surface area contributed by atoms with E-state index in [4.69, 9.17) is 18.9 Å². The number of phenolic OH excluding ortho intramolecular Hbond substituents is 1. The predicted octanol–water partition coefficient (Wildman–Crippen LogP) is 8.42. The van der Waals surface area contributed by atoms with Gasteiger partial charge in [-0.15, -0.1) is 0 Å². The molecule has 8 nitrogen and oxygen atoms in total. The van der Waals surface area contributed by atoms with E-state index in [1.54, 1.807) is 7.11 Å². The number of aliphatic hydroxyl groups excluding tert-OH is 3. The van der Waals surface area contributed by atoms with E-state index in [2.05, 4.69) is 38.9 Å². The molecule has 0 amide bonds. The first-order chi connectivity index (χ1) is 26.2. The summed E-state index contributed by atoms with van der Waals surface area (Å²) in [4.78, 5) is 0. The Morgan fingerprint density at radius 1 is 0.981 bits per heavy atom. The number of ether oxygens (including phenoxy) is 4. The van der Waals surface area contributed by atoms with Gasteiger partial charge in [0, 0.05) is 49.2 Å². The highest BCUT2D eigenvalue weighted by atomic mass is 16.5. The molecule has 290 valence electrons. The molecule has 0 aromatic heterocycles. The molecule has 1 fully saturated rings. The number of rotatable bonds is 12. The molecule has 0 bridgehead atoms. The summed E-state index contributed by atoms with van der Waals surface area (Å²) >= 11 is 0. The van der Waals surface area contributed by atoms with Gasteiger partial charge >= 0.3 is 0 Å². The molecule has 0 radical (unpaired) electrons. The molecular weight excluding hydrogens is 680 g/mol. The van der Waals surface area contributed by atoms with Crippen LogP contribution in [0, 0.1) is 35.7 Å². The molecule has 0 spiro atoms. The molecule has 7 atom stereocenters. The van der Waals surface area contributed by atoms with Gasteiger partial charge in [-0.1, -0.05) is 39.2 Å². The van der Waals surface area contributed by atoms with Crippen LogP contribution in [0.5, 0.6) is 28.7 Å². The van der Waals surface area contributed by atoms with Crippen LogP contribution in [0.4, 0.5) is 0 Å². The second-order valence-corrected chi connectivity index (χ2v) is 16.6. The number of benzene rings is 3. The quantitative estimate of drug-likeness (QED) is 0.137. The molecule has 7 rings (SSSR count). The molecule has 3 aromatic carbocycles. The highest BCUT2D eigenvalue weighted by Crippen LogP contribution is 2.54. The Balaban J connectivity index is 1.26. The molecule has 4 aliphatic rings. The van der Waals surface area contributed by atoms with Gasteiger partial charge in [0.25, 0.3) is 0 Å². The Kier molecular flexibility index (Phi) is 12.0. The zero-order valence-electron chi connectivity index (χ0n) is 32.4. The van der Waals surface area contributed by atoms with E-state index >= 15 is 0 Å². The Labute approximate surface area is 320 Å². The smallest absolute Gasteiger partial charge is 0.182 e. The van der Waals surface area contributed by atoms with Gasteiger partial charge < -0.3 is 39.4 Å². The predicted molar refractivity (Wildman–Crippen MR) is 209 cm³/mol. The maximum atomic E-state index is 12.0. The Morgan fingerprint density at radius 3 is 2.59 bits per heavy atom. The largest absolute Gasteiger partial charge is 0.508 e. The van der Waals surface area contributed by atoms with Crippen LogP contribution in [0.2, 0.25) is 0 Å². The van der Waals surface area contributed by atoms with Crippen LogP contribution in [0.1, 0.15) is 118 Å². The van der Waals surface area contributed by atoms with Crippen LogP contribution in [-0.4, -0.2) is 53.0 Å². The first-order valence-electron chi connectivity index (χ1n) is 20.3. The summed E-state index contributed by atoms with van der Waals surface area (Å²) < 4.78 is 25.5. The lowest BCUT2D eigenvalue weighted by molar-refractivity contribution is 0.0195. The molecule has 2 aliphatic heterocycles. The van der Waals surface area contributed by atoms with Crippen LogP contribution in [0.15, 0.2) is 36.4 Å². The molecule has 2 aliphatic carbocycles. The Bertz CT molecular complexity index is 1860. The summed E-state index contributed by atoms with van der Waals surface area (Å²) in [6.45, 7) is 6.90. The summed E-state index contributed by atoms with van der Waals surface area (Å²) in [5, 5.41) is 42.6. The number of aromatic hydroxyl groups is 1. The van der Waals surface area contributed by atoms with Crippen LogP contribution >= 0.6 is 0 Å². The van der Waals surface area contributed by atoms with E-state index in [1.165, 1.54) is 5.56 Å². The summed E-state index contributed by atoms with van der Waals surface area (Å²) in [7, 11) is 1.70. The molecule has 0 saturated heterocycles. The minimum Gasteiger partial charge on any atom is -0.508 e. The van der Waals surface area contributed by atoms with Crippen molar-refractivity contribution in [1.29, 1.82) is 0 Å². The molecule has 54 heavy (non-hydrogen) atoms. The molecule has 8 heteroatoms. The fourth-order valence-corrected chi connectivity index (χ4v) is 9.51. The topological polar surface area (TPSA) is 118 Å². The Morgan fingerprint density at radius 2 is 1.83 bits per heavy atom. The second-order valence-electron chi connectivity index (χ2n) is 16.6. The fraction of sp³-hybridized carbons (Fsp3) is 0.565. The number of fused-ring (bicyclic) bond motifs is 7. The maximum Gasteiger partial charge on any atom is 0.182 e. The maximum absolute atomic E-state index is 12.0. The van der Waals surface area contributed by atoms with Crippen molar-refractivity contribution < 1.29 is 39.4 Å². The van der Waals surface area contributed by atoms with Crippen molar-refractivity contribution >= 4 is 0 Å². The number of aliphatic hydroxyl groups is 3. The number of hydrogen-bond acceptors (Lipinski definition) is 8. The minimum atomic E-state index is -0.822. The zero-order chi connectivity index (χ0) is 37.9. The average Bonchev–Trinajstić information content (AvgIpc) is 3.25. The van der Waals surface area contributed by atoms with E-state index in [0.717, 1.165) is 103 Å². The molecule has 0 unspecified atom stereocenters. The first kappa shape index (κ1) is 38.4. The number of methoxy groups -OCH3 is 1. The summed E-state index contributed by atoms with van der Waals surface area (Å²) in [6, 6.07) is 11.8.